The van der Waals surface area contributed by atoms with E-state index in [0.29, 0.717) is 6.42 Å². The zero-order valence-electron chi connectivity index (χ0n) is 11.6. The Hall–Kier alpha value is -1.94. The van der Waals surface area contributed by atoms with Crippen LogP contribution in [0.3, 0.4) is 0 Å². The van der Waals surface area contributed by atoms with Crippen molar-refractivity contribution in [3.8, 4) is 0 Å². The second-order valence-corrected chi connectivity index (χ2v) is 3.41. The number of aldehydes is 1. The lowest BCUT2D eigenvalue weighted by atomic mass is 10.1. The average Bonchev–Trinajstić information content (AvgIpc) is 2.43. The van der Waals surface area contributed by atoms with Crippen LogP contribution in [-0.2, 0) is 14.3 Å². The maximum Gasteiger partial charge on any atom is 0.184 e. The summed E-state index contributed by atoms with van der Waals surface area (Å²) in [5.41, 5.74) is 0.886. The van der Waals surface area contributed by atoms with Crippen LogP contribution in [0.4, 0.5) is 0 Å². The van der Waals surface area contributed by atoms with E-state index in [9.17, 15) is 9.59 Å². The molecule has 106 valence electrons. The summed E-state index contributed by atoms with van der Waals surface area (Å²) < 4.78 is 4.54. The number of methoxy groups -OCH3 is 1. The van der Waals surface area contributed by atoms with Gasteiger partial charge in [-0.05, 0) is 18.9 Å². The highest BCUT2D eigenvalue weighted by Gasteiger charge is 2.01. The third-order valence-electron chi connectivity index (χ3n) is 1.97. The first kappa shape index (κ1) is 19.4. The summed E-state index contributed by atoms with van der Waals surface area (Å²) in [5, 5.41) is 8.78. The normalized spacial score (nSPS) is 11.1. The molecule has 0 radical (unpaired) electrons. The molecule has 0 aliphatic rings. The first-order valence-electron chi connectivity index (χ1n) is 5.87. The van der Waals surface area contributed by atoms with Gasteiger partial charge in [0.2, 0.25) is 0 Å². The lowest BCUT2D eigenvalue weighted by molar-refractivity contribution is -0.115. The first-order chi connectivity index (χ1) is 9.05. The first-order valence-corrected chi connectivity index (χ1v) is 5.87. The average molecular weight is 266 g/mol. The quantitative estimate of drug-likeness (QED) is 0.317. The zero-order chi connectivity index (χ0) is 15.1. The maximum atomic E-state index is 11.2. The fraction of sp³-hybridized carbons (Fsp3) is 0.333. The van der Waals surface area contributed by atoms with Gasteiger partial charge in [-0.15, -0.1) is 0 Å². The lowest BCUT2D eigenvalue weighted by Crippen LogP contribution is -1.96. The van der Waals surface area contributed by atoms with Crippen molar-refractivity contribution in [3.63, 3.8) is 0 Å². The van der Waals surface area contributed by atoms with Crippen molar-refractivity contribution in [2.75, 3.05) is 13.7 Å². The van der Waals surface area contributed by atoms with Gasteiger partial charge in [0, 0.05) is 26.2 Å². The summed E-state index contributed by atoms with van der Waals surface area (Å²) in [4.78, 5) is 21.2. The number of allylic oxidation sites excluding steroid dienone is 6. The van der Waals surface area contributed by atoms with Crippen molar-refractivity contribution < 1.29 is 19.4 Å². The van der Waals surface area contributed by atoms with Crippen molar-refractivity contribution >= 4 is 12.1 Å². The Labute approximate surface area is 114 Å². The zero-order valence-corrected chi connectivity index (χ0v) is 11.6. The van der Waals surface area contributed by atoms with Crippen LogP contribution in [0, 0.1) is 0 Å². The monoisotopic (exact) mass is 266 g/mol. The molecule has 0 aromatic carbocycles. The van der Waals surface area contributed by atoms with Gasteiger partial charge >= 0.3 is 0 Å². The van der Waals surface area contributed by atoms with Crippen LogP contribution in [0.2, 0.25) is 0 Å². The highest BCUT2D eigenvalue weighted by molar-refractivity contribution is 5.94. The molecule has 0 amide bonds. The molecule has 0 unspecified atom stereocenters. The number of ketones is 1. The van der Waals surface area contributed by atoms with Gasteiger partial charge in [0.25, 0.3) is 0 Å². The topological polar surface area (TPSA) is 63.6 Å². The van der Waals surface area contributed by atoms with Crippen LogP contribution in [0.15, 0.2) is 48.8 Å². The molecular formula is C15H22O4. The van der Waals surface area contributed by atoms with Gasteiger partial charge in [-0.25, -0.2) is 0 Å². The summed E-state index contributed by atoms with van der Waals surface area (Å²) >= 11 is 0. The number of hydrogen-bond acceptors (Lipinski definition) is 4. The SMILES string of the molecule is C=C/C=C(\C=C)CCC(=O)/C=C(\O)C=O.CCOC. The molecule has 0 saturated heterocycles. The summed E-state index contributed by atoms with van der Waals surface area (Å²) in [5.74, 6) is -0.843. The molecule has 0 rings (SSSR count). The molecule has 0 aliphatic carbocycles. The highest BCUT2D eigenvalue weighted by atomic mass is 16.5. The molecule has 0 aromatic heterocycles. The standard InChI is InChI=1S/C12H14O3.C3H8O/c1-3-5-10(4-2)6-7-11(14)8-12(15)9-13;1-3-4-2/h3-5,8-9,15H,1-2,6-7H2;3H2,1-2H3/b10-5+,12-8-;. The molecule has 0 fully saturated rings. The van der Waals surface area contributed by atoms with Crippen LogP contribution < -0.4 is 0 Å². The predicted molar refractivity (Wildman–Crippen MR) is 77.0 cm³/mol. The predicted octanol–water partition coefficient (Wildman–Crippen LogP) is 2.93. The number of ether oxygens (including phenoxy) is 1. The van der Waals surface area contributed by atoms with Gasteiger partial charge in [-0.1, -0.05) is 31.4 Å². The van der Waals surface area contributed by atoms with Gasteiger partial charge in [0.15, 0.2) is 17.8 Å². The number of aliphatic hydroxyl groups excluding tert-OH is 1. The second kappa shape index (κ2) is 14.1. The molecule has 4 nitrogen and oxygen atoms in total. The van der Waals surface area contributed by atoms with Gasteiger partial charge < -0.3 is 9.84 Å². The molecule has 0 aliphatic heterocycles. The molecule has 1 N–H and O–H groups in total. The van der Waals surface area contributed by atoms with E-state index in [1.165, 1.54) is 0 Å². The molecule has 0 bridgehead atoms. The highest BCUT2D eigenvalue weighted by Crippen LogP contribution is 2.07. The van der Waals surface area contributed by atoms with E-state index < -0.39 is 5.76 Å². The Kier molecular flexibility index (Phi) is 14.4. The number of rotatable bonds is 8. The van der Waals surface area contributed by atoms with Crippen LogP contribution in [0.5, 0.6) is 0 Å². The number of hydrogen-bond donors (Lipinski definition) is 1. The van der Waals surface area contributed by atoms with Crippen LogP contribution >= 0.6 is 0 Å². The number of carbonyl (C=O) groups is 2. The minimum absolute atomic E-state index is 0.226. The molecule has 0 spiro atoms. The van der Waals surface area contributed by atoms with E-state index in [0.717, 1.165) is 18.3 Å². The fourth-order valence-electron chi connectivity index (χ4n) is 0.943. The Morgan fingerprint density at radius 2 is 1.89 bits per heavy atom. The molecule has 4 heteroatoms. The van der Waals surface area contributed by atoms with Crippen LogP contribution in [0.25, 0.3) is 0 Å². The third-order valence-corrected chi connectivity index (χ3v) is 1.97. The van der Waals surface area contributed by atoms with E-state index in [1.807, 2.05) is 6.92 Å². The van der Waals surface area contributed by atoms with Crippen LogP contribution in [0.1, 0.15) is 19.8 Å². The maximum absolute atomic E-state index is 11.2. The van der Waals surface area contributed by atoms with E-state index in [1.54, 1.807) is 25.3 Å². The molecule has 0 aromatic rings. The van der Waals surface area contributed by atoms with Crippen molar-refractivity contribution in [2.45, 2.75) is 19.8 Å². The van der Waals surface area contributed by atoms with Crippen molar-refractivity contribution in [1.29, 1.82) is 0 Å². The Bertz CT molecular complexity index is 349. The summed E-state index contributed by atoms with van der Waals surface area (Å²) in [6, 6.07) is 0. The van der Waals surface area contributed by atoms with Gasteiger partial charge in [-0.2, -0.15) is 0 Å². The fourth-order valence-corrected chi connectivity index (χ4v) is 0.943. The molecule has 0 saturated carbocycles. The van der Waals surface area contributed by atoms with E-state index in [-0.39, 0.29) is 18.5 Å². The van der Waals surface area contributed by atoms with E-state index in [4.69, 9.17) is 5.11 Å². The van der Waals surface area contributed by atoms with Crippen molar-refractivity contribution in [2.24, 2.45) is 0 Å². The second-order valence-electron chi connectivity index (χ2n) is 3.41. The van der Waals surface area contributed by atoms with Crippen molar-refractivity contribution in [3.05, 3.63) is 48.8 Å². The Balaban J connectivity index is 0. The van der Waals surface area contributed by atoms with Crippen molar-refractivity contribution in [1.82, 2.24) is 0 Å². The Morgan fingerprint density at radius 3 is 2.26 bits per heavy atom. The molecule has 0 atom stereocenters. The van der Waals surface area contributed by atoms with Gasteiger partial charge in [-0.3, -0.25) is 9.59 Å². The van der Waals surface area contributed by atoms with Crippen LogP contribution in [-0.4, -0.2) is 30.9 Å². The summed E-state index contributed by atoms with van der Waals surface area (Å²) in [7, 11) is 1.68. The largest absolute Gasteiger partial charge is 0.504 e. The Morgan fingerprint density at radius 1 is 1.32 bits per heavy atom. The van der Waals surface area contributed by atoms with E-state index in [2.05, 4.69) is 17.9 Å². The minimum Gasteiger partial charge on any atom is -0.504 e. The van der Waals surface area contributed by atoms with E-state index >= 15 is 0 Å². The summed E-state index contributed by atoms with van der Waals surface area (Å²) in [6.07, 6.45) is 6.89. The number of carbonyl (C=O) groups excluding carboxylic acids is 2. The van der Waals surface area contributed by atoms with Gasteiger partial charge in [0.1, 0.15) is 0 Å². The molecule has 19 heavy (non-hydrogen) atoms. The smallest absolute Gasteiger partial charge is 0.184 e. The minimum atomic E-state index is -0.548. The number of aliphatic hydroxyl groups is 1. The summed E-state index contributed by atoms with van der Waals surface area (Å²) in [6.45, 7) is 9.89. The molecule has 0 heterocycles. The molecular weight excluding hydrogens is 244 g/mol. The third kappa shape index (κ3) is 14.0. The van der Waals surface area contributed by atoms with Gasteiger partial charge in [0.05, 0.1) is 0 Å². The lowest BCUT2D eigenvalue weighted by Gasteiger charge is -1.98.